The van der Waals surface area contributed by atoms with Crippen molar-refractivity contribution < 1.29 is 19.1 Å². The molecule has 0 aliphatic heterocycles. The van der Waals surface area contributed by atoms with E-state index in [9.17, 15) is 9.59 Å². The molecule has 0 saturated heterocycles. The Morgan fingerprint density at radius 3 is 2.28 bits per heavy atom. The van der Waals surface area contributed by atoms with Gasteiger partial charge in [-0.15, -0.1) is 0 Å². The number of carbonyl (C=O) groups excluding carboxylic acids is 2. The van der Waals surface area contributed by atoms with E-state index in [4.69, 9.17) is 32.7 Å². The van der Waals surface area contributed by atoms with E-state index in [1.807, 2.05) is 6.92 Å². The molecule has 0 heterocycles. The minimum absolute atomic E-state index is 0.153. The lowest BCUT2D eigenvalue weighted by atomic mass is 10.1. The quantitative estimate of drug-likeness (QED) is 0.622. The first-order valence-corrected chi connectivity index (χ1v) is 8.61. The highest BCUT2D eigenvalue weighted by molar-refractivity contribution is 6.35. The minimum Gasteiger partial charge on any atom is -0.462 e. The third kappa shape index (κ3) is 4.97. The molecule has 0 aliphatic carbocycles. The molecule has 0 fully saturated rings. The molecule has 1 atom stereocenters. The molecule has 6 heteroatoms. The van der Waals surface area contributed by atoms with Gasteiger partial charge in [0, 0.05) is 15.6 Å². The maximum absolute atomic E-state index is 12.5. The van der Waals surface area contributed by atoms with Crippen LogP contribution in [-0.4, -0.2) is 18.5 Å². The molecule has 0 N–H and O–H groups in total. The van der Waals surface area contributed by atoms with E-state index in [1.54, 1.807) is 37.3 Å². The summed E-state index contributed by atoms with van der Waals surface area (Å²) in [4.78, 5) is 24.6. The van der Waals surface area contributed by atoms with Gasteiger partial charge in [0.2, 0.25) is 0 Å². The Hall–Kier alpha value is -2.04. The Labute approximate surface area is 156 Å². The third-order valence-corrected chi connectivity index (χ3v) is 4.05. The largest absolute Gasteiger partial charge is 0.462 e. The van der Waals surface area contributed by atoms with E-state index in [0.29, 0.717) is 28.6 Å². The Morgan fingerprint density at radius 2 is 1.68 bits per heavy atom. The zero-order chi connectivity index (χ0) is 18.4. The topological polar surface area (TPSA) is 52.6 Å². The van der Waals surface area contributed by atoms with Crippen LogP contribution >= 0.6 is 23.2 Å². The average Bonchev–Trinajstić information content (AvgIpc) is 2.59. The highest BCUT2D eigenvalue weighted by Crippen LogP contribution is 2.29. The van der Waals surface area contributed by atoms with Crippen LogP contribution in [0.25, 0.3) is 0 Å². The summed E-state index contributed by atoms with van der Waals surface area (Å²) in [5.74, 6) is -1.17. The van der Waals surface area contributed by atoms with Gasteiger partial charge in [0.1, 0.15) is 6.10 Å². The molecule has 132 valence electrons. The van der Waals surface area contributed by atoms with Gasteiger partial charge in [-0.2, -0.15) is 0 Å². The van der Waals surface area contributed by atoms with Crippen LogP contribution in [0.2, 0.25) is 10.0 Å². The first kappa shape index (κ1) is 19.3. The number of benzene rings is 2. The summed E-state index contributed by atoms with van der Waals surface area (Å²) in [6.07, 6.45) is 0.0988. The van der Waals surface area contributed by atoms with Gasteiger partial charge in [-0.05, 0) is 37.6 Å². The average molecular weight is 381 g/mol. The van der Waals surface area contributed by atoms with Gasteiger partial charge >= 0.3 is 11.9 Å². The van der Waals surface area contributed by atoms with Crippen LogP contribution in [0.5, 0.6) is 0 Å². The fraction of sp³-hybridized carbons (Fsp3) is 0.263. The zero-order valence-electron chi connectivity index (χ0n) is 13.9. The van der Waals surface area contributed by atoms with Crippen molar-refractivity contribution in [2.24, 2.45) is 0 Å². The molecule has 0 saturated carbocycles. The summed E-state index contributed by atoms with van der Waals surface area (Å²) in [7, 11) is 0. The van der Waals surface area contributed by atoms with E-state index < -0.39 is 18.0 Å². The van der Waals surface area contributed by atoms with Gasteiger partial charge < -0.3 is 9.47 Å². The maximum Gasteiger partial charge on any atom is 0.339 e. The molecule has 0 aliphatic rings. The second-order valence-corrected chi connectivity index (χ2v) is 6.24. The number of halogens is 2. The SMILES string of the molecule is CCCOC(=O)c1ccccc1C(=O)OC(C)c1ccc(Cl)cc1Cl. The zero-order valence-corrected chi connectivity index (χ0v) is 15.4. The van der Waals surface area contributed by atoms with Crippen LogP contribution < -0.4 is 0 Å². The van der Waals surface area contributed by atoms with E-state index in [2.05, 4.69) is 0 Å². The molecule has 2 rings (SSSR count). The van der Waals surface area contributed by atoms with Crippen LogP contribution in [0, 0.1) is 0 Å². The summed E-state index contributed by atoms with van der Waals surface area (Å²) in [6.45, 7) is 3.88. The number of hydrogen-bond donors (Lipinski definition) is 0. The molecule has 0 amide bonds. The van der Waals surface area contributed by atoms with Crippen molar-refractivity contribution in [3.05, 3.63) is 69.2 Å². The Bertz CT molecular complexity index is 774. The number of hydrogen-bond acceptors (Lipinski definition) is 4. The van der Waals surface area contributed by atoms with E-state index in [0.717, 1.165) is 0 Å². The molecule has 0 radical (unpaired) electrons. The summed E-state index contributed by atoms with van der Waals surface area (Å²) in [6, 6.07) is 11.3. The van der Waals surface area contributed by atoms with E-state index >= 15 is 0 Å². The van der Waals surface area contributed by atoms with Crippen molar-refractivity contribution in [1.29, 1.82) is 0 Å². The monoisotopic (exact) mass is 380 g/mol. The molecule has 25 heavy (non-hydrogen) atoms. The first-order valence-electron chi connectivity index (χ1n) is 7.86. The first-order chi connectivity index (χ1) is 11.9. The summed E-state index contributed by atoms with van der Waals surface area (Å²) < 4.78 is 10.6. The number of esters is 2. The highest BCUT2D eigenvalue weighted by Gasteiger charge is 2.22. The predicted molar refractivity (Wildman–Crippen MR) is 97.3 cm³/mol. The molecule has 1 unspecified atom stereocenters. The second-order valence-electron chi connectivity index (χ2n) is 5.39. The van der Waals surface area contributed by atoms with Gasteiger partial charge in [0.05, 0.1) is 17.7 Å². The van der Waals surface area contributed by atoms with Gasteiger partial charge in [0.15, 0.2) is 0 Å². The van der Waals surface area contributed by atoms with Gasteiger partial charge in [-0.25, -0.2) is 9.59 Å². The Morgan fingerprint density at radius 1 is 1.04 bits per heavy atom. The fourth-order valence-corrected chi connectivity index (χ4v) is 2.79. The summed E-state index contributed by atoms with van der Waals surface area (Å²) >= 11 is 12.0. The number of rotatable bonds is 6. The molecule has 2 aromatic rings. The van der Waals surface area contributed by atoms with E-state index in [-0.39, 0.29) is 11.1 Å². The molecule has 2 aromatic carbocycles. The molecule has 0 spiro atoms. The third-order valence-electron chi connectivity index (χ3n) is 3.49. The normalized spacial score (nSPS) is 11.7. The number of ether oxygens (including phenoxy) is 2. The molecule has 0 bridgehead atoms. The lowest BCUT2D eigenvalue weighted by Crippen LogP contribution is -2.16. The van der Waals surface area contributed by atoms with E-state index in [1.165, 1.54) is 12.1 Å². The smallest absolute Gasteiger partial charge is 0.339 e. The van der Waals surface area contributed by atoms with Crippen LogP contribution in [-0.2, 0) is 9.47 Å². The van der Waals surface area contributed by atoms with Crippen molar-refractivity contribution in [2.75, 3.05) is 6.61 Å². The highest BCUT2D eigenvalue weighted by atomic mass is 35.5. The van der Waals surface area contributed by atoms with Crippen LogP contribution in [0.1, 0.15) is 52.7 Å². The van der Waals surface area contributed by atoms with Crippen molar-refractivity contribution in [3.8, 4) is 0 Å². The van der Waals surface area contributed by atoms with Crippen molar-refractivity contribution in [1.82, 2.24) is 0 Å². The Kier molecular flexibility index (Phi) is 6.85. The standard InChI is InChI=1S/C19H18Cl2O4/c1-3-10-24-18(22)15-6-4-5-7-16(15)19(23)25-12(2)14-9-8-13(20)11-17(14)21/h4-9,11-12H,3,10H2,1-2H3. The van der Waals surface area contributed by atoms with Gasteiger partial charge in [-0.1, -0.05) is 48.3 Å². The molecule has 0 aromatic heterocycles. The van der Waals surface area contributed by atoms with Gasteiger partial charge in [0.25, 0.3) is 0 Å². The Balaban J connectivity index is 2.19. The maximum atomic E-state index is 12.5. The lowest BCUT2D eigenvalue weighted by Gasteiger charge is -2.16. The molecular weight excluding hydrogens is 363 g/mol. The van der Waals surface area contributed by atoms with Crippen molar-refractivity contribution >= 4 is 35.1 Å². The van der Waals surface area contributed by atoms with Crippen molar-refractivity contribution in [2.45, 2.75) is 26.4 Å². The predicted octanol–water partition coefficient (Wildman–Crippen LogP) is 5.48. The van der Waals surface area contributed by atoms with Crippen LogP contribution in [0.15, 0.2) is 42.5 Å². The second kappa shape index (κ2) is 8.88. The summed E-state index contributed by atoms with van der Waals surface area (Å²) in [5.41, 5.74) is 0.960. The number of carbonyl (C=O) groups is 2. The summed E-state index contributed by atoms with van der Waals surface area (Å²) in [5, 5.41) is 0.903. The lowest BCUT2D eigenvalue weighted by molar-refractivity contribution is 0.0325. The van der Waals surface area contributed by atoms with Crippen LogP contribution in [0.3, 0.4) is 0 Å². The van der Waals surface area contributed by atoms with Gasteiger partial charge in [-0.3, -0.25) is 0 Å². The fourth-order valence-electron chi connectivity index (χ4n) is 2.23. The molecular formula is C19H18Cl2O4. The minimum atomic E-state index is -0.623. The molecule has 4 nitrogen and oxygen atoms in total. The van der Waals surface area contributed by atoms with Crippen LogP contribution in [0.4, 0.5) is 0 Å². The van der Waals surface area contributed by atoms with Crippen molar-refractivity contribution in [3.63, 3.8) is 0 Å².